The lowest BCUT2D eigenvalue weighted by Gasteiger charge is -2.09. The number of ether oxygens (including phenoxy) is 1. The molecule has 0 N–H and O–H groups in total. The Kier molecular flexibility index (Phi) is 3.62. The van der Waals surface area contributed by atoms with Crippen LogP contribution in [0.15, 0.2) is 24.3 Å². The number of carbonyl (C=O) groups excluding carboxylic acids is 1. The Balaban J connectivity index is 1.97. The summed E-state index contributed by atoms with van der Waals surface area (Å²) in [6.07, 6.45) is 2.24. The normalized spacial score (nSPS) is 24.6. The molecular formula is C13H15ClO2. The van der Waals surface area contributed by atoms with E-state index < -0.39 is 0 Å². The van der Waals surface area contributed by atoms with E-state index in [2.05, 4.69) is 0 Å². The van der Waals surface area contributed by atoms with Crippen LogP contribution >= 0.6 is 11.6 Å². The van der Waals surface area contributed by atoms with E-state index in [1.54, 1.807) is 0 Å². The summed E-state index contributed by atoms with van der Waals surface area (Å²) in [6, 6.07) is 7.42. The second-order valence-corrected chi connectivity index (χ2v) is 4.72. The molecule has 1 aromatic carbocycles. The first-order valence-corrected chi connectivity index (χ1v) is 5.95. The molecule has 3 heteroatoms. The number of ketones is 1. The average molecular weight is 239 g/mol. The minimum absolute atomic E-state index is 0.159. The molecule has 1 aliphatic rings. The van der Waals surface area contributed by atoms with E-state index in [0.717, 1.165) is 18.4 Å². The molecule has 86 valence electrons. The van der Waals surface area contributed by atoms with Crippen molar-refractivity contribution in [3.8, 4) is 0 Å². The van der Waals surface area contributed by atoms with Gasteiger partial charge < -0.3 is 4.74 Å². The van der Waals surface area contributed by atoms with Crippen molar-refractivity contribution in [2.45, 2.75) is 38.4 Å². The van der Waals surface area contributed by atoms with Gasteiger partial charge in [0.25, 0.3) is 0 Å². The van der Waals surface area contributed by atoms with Crippen molar-refractivity contribution in [1.29, 1.82) is 0 Å². The van der Waals surface area contributed by atoms with Gasteiger partial charge in [-0.1, -0.05) is 23.7 Å². The van der Waals surface area contributed by atoms with Gasteiger partial charge in [-0.2, -0.15) is 0 Å². The van der Waals surface area contributed by atoms with Gasteiger partial charge in [-0.25, -0.2) is 0 Å². The largest absolute Gasteiger partial charge is 0.367 e. The first-order chi connectivity index (χ1) is 7.65. The van der Waals surface area contributed by atoms with Gasteiger partial charge in [0.05, 0.1) is 6.10 Å². The fraction of sp³-hybridized carbons (Fsp3) is 0.462. The number of benzene rings is 1. The summed E-state index contributed by atoms with van der Waals surface area (Å²) in [6.45, 7) is 2.01. The summed E-state index contributed by atoms with van der Waals surface area (Å²) in [5, 5.41) is 0.672. The van der Waals surface area contributed by atoms with E-state index in [4.69, 9.17) is 16.3 Å². The molecule has 1 aromatic rings. The van der Waals surface area contributed by atoms with Crippen LogP contribution < -0.4 is 0 Å². The van der Waals surface area contributed by atoms with Gasteiger partial charge in [0, 0.05) is 11.4 Å². The number of halogens is 1. The van der Waals surface area contributed by atoms with Crippen LogP contribution in [0.25, 0.3) is 0 Å². The predicted octanol–water partition coefficient (Wildman–Crippen LogP) is 3.02. The molecule has 2 atom stereocenters. The molecule has 0 bridgehead atoms. The summed E-state index contributed by atoms with van der Waals surface area (Å²) in [7, 11) is 0. The molecule has 1 saturated heterocycles. The fourth-order valence-electron chi connectivity index (χ4n) is 2.00. The zero-order valence-corrected chi connectivity index (χ0v) is 10.0. The lowest BCUT2D eigenvalue weighted by molar-refractivity contribution is -0.128. The van der Waals surface area contributed by atoms with Gasteiger partial charge in [0.2, 0.25) is 0 Å². The Morgan fingerprint density at radius 2 is 2.31 bits per heavy atom. The van der Waals surface area contributed by atoms with Crippen LogP contribution in [0.3, 0.4) is 0 Å². The van der Waals surface area contributed by atoms with Crippen LogP contribution in [-0.4, -0.2) is 18.0 Å². The molecule has 1 fully saturated rings. The Labute approximate surface area is 101 Å². The number of hydrogen-bond acceptors (Lipinski definition) is 2. The minimum Gasteiger partial charge on any atom is -0.367 e. The third-order valence-electron chi connectivity index (χ3n) is 2.86. The van der Waals surface area contributed by atoms with E-state index in [-0.39, 0.29) is 18.0 Å². The van der Waals surface area contributed by atoms with E-state index in [9.17, 15) is 4.79 Å². The van der Waals surface area contributed by atoms with Crippen molar-refractivity contribution in [2.24, 2.45) is 0 Å². The van der Waals surface area contributed by atoms with E-state index in [1.165, 1.54) is 0 Å². The highest BCUT2D eigenvalue weighted by atomic mass is 35.5. The second kappa shape index (κ2) is 4.98. The van der Waals surface area contributed by atoms with Crippen LogP contribution in [-0.2, 0) is 16.0 Å². The Hall–Kier alpha value is -0.860. The molecule has 2 unspecified atom stereocenters. The van der Waals surface area contributed by atoms with Gasteiger partial charge in [0.15, 0.2) is 5.78 Å². The van der Waals surface area contributed by atoms with Gasteiger partial charge in [-0.05, 0) is 37.5 Å². The van der Waals surface area contributed by atoms with Gasteiger partial charge in [0.1, 0.15) is 6.10 Å². The summed E-state index contributed by atoms with van der Waals surface area (Å²) < 4.78 is 5.54. The highest BCUT2D eigenvalue weighted by Crippen LogP contribution is 2.21. The zero-order valence-electron chi connectivity index (χ0n) is 9.28. The highest BCUT2D eigenvalue weighted by molar-refractivity contribution is 6.30. The predicted molar refractivity (Wildman–Crippen MR) is 63.7 cm³/mol. The minimum atomic E-state index is -0.214. The van der Waals surface area contributed by atoms with Crippen molar-refractivity contribution in [3.63, 3.8) is 0 Å². The molecule has 2 nitrogen and oxygen atoms in total. The van der Waals surface area contributed by atoms with Crippen molar-refractivity contribution in [1.82, 2.24) is 0 Å². The molecule has 0 saturated carbocycles. The first-order valence-electron chi connectivity index (χ1n) is 5.58. The van der Waals surface area contributed by atoms with Crippen LogP contribution in [0, 0.1) is 0 Å². The van der Waals surface area contributed by atoms with Crippen molar-refractivity contribution < 1.29 is 9.53 Å². The molecule has 1 heterocycles. The van der Waals surface area contributed by atoms with Gasteiger partial charge in [-0.3, -0.25) is 4.79 Å². The third kappa shape index (κ3) is 2.83. The van der Waals surface area contributed by atoms with Crippen LogP contribution in [0.1, 0.15) is 25.3 Å². The quantitative estimate of drug-likeness (QED) is 0.809. The van der Waals surface area contributed by atoms with Crippen LogP contribution in [0.2, 0.25) is 5.02 Å². The molecular weight excluding hydrogens is 224 g/mol. The second-order valence-electron chi connectivity index (χ2n) is 4.29. The molecule has 0 radical (unpaired) electrons. The molecule has 1 aliphatic heterocycles. The van der Waals surface area contributed by atoms with Crippen LogP contribution in [0.4, 0.5) is 0 Å². The van der Waals surface area contributed by atoms with E-state index in [0.29, 0.717) is 11.4 Å². The van der Waals surface area contributed by atoms with E-state index >= 15 is 0 Å². The Morgan fingerprint density at radius 1 is 1.50 bits per heavy atom. The smallest absolute Gasteiger partial charge is 0.165 e. The summed E-state index contributed by atoms with van der Waals surface area (Å²) >= 11 is 5.87. The van der Waals surface area contributed by atoms with Crippen molar-refractivity contribution in [3.05, 3.63) is 34.9 Å². The average Bonchev–Trinajstić information content (AvgIpc) is 2.65. The maximum absolute atomic E-state index is 11.9. The summed E-state index contributed by atoms with van der Waals surface area (Å²) in [4.78, 5) is 11.9. The van der Waals surface area contributed by atoms with Gasteiger partial charge in [-0.15, -0.1) is 0 Å². The standard InChI is InChI=1S/C13H15ClO2/c1-9-5-6-13(16-9)12(15)8-10-3-2-4-11(14)7-10/h2-4,7,9,13H,5-6,8H2,1H3. The van der Waals surface area contributed by atoms with Crippen molar-refractivity contribution >= 4 is 17.4 Å². The molecule has 16 heavy (non-hydrogen) atoms. The molecule has 0 spiro atoms. The number of rotatable bonds is 3. The topological polar surface area (TPSA) is 26.3 Å². The summed E-state index contributed by atoms with van der Waals surface area (Å²) in [5.41, 5.74) is 0.959. The molecule has 0 aromatic heterocycles. The van der Waals surface area contributed by atoms with E-state index in [1.807, 2.05) is 31.2 Å². The Bertz CT molecular complexity index is 389. The maximum atomic E-state index is 11.9. The lowest BCUT2D eigenvalue weighted by Crippen LogP contribution is -2.22. The number of Topliss-reactive ketones (excluding diaryl/α,β-unsaturated/α-hetero) is 1. The zero-order chi connectivity index (χ0) is 11.5. The molecule has 2 rings (SSSR count). The van der Waals surface area contributed by atoms with Crippen molar-refractivity contribution in [2.75, 3.05) is 0 Å². The molecule has 0 amide bonds. The summed E-state index contributed by atoms with van der Waals surface area (Å²) in [5.74, 6) is 0.159. The monoisotopic (exact) mass is 238 g/mol. The first kappa shape index (κ1) is 11.6. The number of hydrogen-bond donors (Lipinski definition) is 0. The Morgan fingerprint density at radius 3 is 2.94 bits per heavy atom. The maximum Gasteiger partial charge on any atom is 0.165 e. The van der Waals surface area contributed by atoms with Crippen LogP contribution in [0.5, 0.6) is 0 Å². The number of carbonyl (C=O) groups is 1. The SMILES string of the molecule is CC1CCC(C(=O)Cc2cccc(Cl)c2)O1. The van der Waals surface area contributed by atoms with Gasteiger partial charge >= 0.3 is 0 Å². The highest BCUT2D eigenvalue weighted by Gasteiger charge is 2.27. The lowest BCUT2D eigenvalue weighted by atomic mass is 10.0. The molecule has 0 aliphatic carbocycles. The fourth-order valence-corrected chi connectivity index (χ4v) is 2.21. The third-order valence-corrected chi connectivity index (χ3v) is 3.09.